The van der Waals surface area contributed by atoms with Crippen LogP contribution >= 0.6 is 11.6 Å². The van der Waals surface area contributed by atoms with Crippen molar-refractivity contribution in [2.45, 2.75) is 32.3 Å². The van der Waals surface area contributed by atoms with Gasteiger partial charge in [0.1, 0.15) is 6.54 Å². The molecule has 0 spiro atoms. The first-order chi connectivity index (χ1) is 12.9. The molecule has 0 unspecified atom stereocenters. The number of halogens is 1. The van der Waals surface area contributed by atoms with Crippen molar-refractivity contribution in [1.29, 1.82) is 0 Å². The third-order valence-electron chi connectivity index (χ3n) is 4.56. The van der Waals surface area contributed by atoms with Gasteiger partial charge >= 0.3 is 5.97 Å². The predicted octanol–water partition coefficient (Wildman–Crippen LogP) is 3.37. The van der Waals surface area contributed by atoms with E-state index in [4.69, 9.17) is 16.3 Å². The Morgan fingerprint density at radius 3 is 2.44 bits per heavy atom. The molecular weight excluding hydrogens is 366 g/mol. The van der Waals surface area contributed by atoms with Crippen LogP contribution < -0.4 is 5.32 Å². The Balaban J connectivity index is 1.51. The van der Waals surface area contributed by atoms with E-state index < -0.39 is 18.0 Å². The maximum absolute atomic E-state index is 12.5. The molecule has 0 saturated heterocycles. The highest BCUT2D eigenvalue weighted by Crippen LogP contribution is 2.23. The quantitative estimate of drug-likeness (QED) is 0.611. The molecule has 1 amide bonds. The molecule has 0 saturated carbocycles. The van der Waals surface area contributed by atoms with E-state index in [1.807, 2.05) is 12.1 Å². The SMILES string of the molecule is C[C@H](OC(=O)CNC(=O)c1ccc(Cl)cc1)C(=O)c1ccc2c(c1)CCC2. The summed E-state index contributed by atoms with van der Waals surface area (Å²) in [6.45, 7) is 1.22. The lowest BCUT2D eigenvalue weighted by atomic mass is 10.0. The number of esters is 1. The Hall–Kier alpha value is -2.66. The number of aryl methyl sites for hydroxylation is 2. The van der Waals surface area contributed by atoms with E-state index in [-0.39, 0.29) is 12.3 Å². The topological polar surface area (TPSA) is 72.5 Å². The fourth-order valence-corrected chi connectivity index (χ4v) is 3.23. The molecule has 27 heavy (non-hydrogen) atoms. The van der Waals surface area contributed by atoms with Crippen LogP contribution in [-0.4, -0.2) is 30.3 Å². The van der Waals surface area contributed by atoms with Crippen LogP contribution in [-0.2, 0) is 22.4 Å². The minimum absolute atomic E-state index is 0.248. The van der Waals surface area contributed by atoms with Gasteiger partial charge in [0.25, 0.3) is 5.91 Å². The first-order valence-corrected chi connectivity index (χ1v) is 9.21. The summed E-state index contributed by atoms with van der Waals surface area (Å²) in [5.41, 5.74) is 3.39. The molecular formula is C21H20ClNO4. The van der Waals surface area contributed by atoms with Gasteiger partial charge in [-0.3, -0.25) is 14.4 Å². The summed E-state index contributed by atoms with van der Waals surface area (Å²) in [7, 11) is 0. The molecule has 1 N–H and O–H groups in total. The number of nitrogens with one attached hydrogen (secondary N) is 1. The van der Waals surface area contributed by atoms with Crippen molar-refractivity contribution in [3.63, 3.8) is 0 Å². The maximum atomic E-state index is 12.5. The average Bonchev–Trinajstić information content (AvgIpc) is 3.13. The van der Waals surface area contributed by atoms with Crippen molar-refractivity contribution in [2.24, 2.45) is 0 Å². The van der Waals surface area contributed by atoms with Crippen LogP contribution in [0.4, 0.5) is 0 Å². The van der Waals surface area contributed by atoms with Crippen LogP contribution in [0.1, 0.15) is 45.2 Å². The molecule has 0 fully saturated rings. The fraction of sp³-hybridized carbons (Fsp3) is 0.286. The molecule has 0 heterocycles. The van der Waals surface area contributed by atoms with E-state index in [0.717, 1.165) is 19.3 Å². The number of carbonyl (C=O) groups excluding carboxylic acids is 3. The molecule has 1 aliphatic rings. The summed E-state index contributed by atoms with van der Waals surface area (Å²) in [4.78, 5) is 36.4. The second-order valence-corrected chi connectivity index (χ2v) is 6.96. The van der Waals surface area contributed by atoms with Gasteiger partial charge in [0.2, 0.25) is 5.78 Å². The van der Waals surface area contributed by atoms with Gasteiger partial charge in [-0.2, -0.15) is 0 Å². The lowest BCUT2D eigenvalue weighted by Crippen LogP contribution is -2.34. The zero-order valence-corrected chi connectivity index (χ0v) is 15.7. The highest BCUT2D eigenvalue weighted by atomic mass is 35.5. The molecule has 0 bridgehead atoms. The Morgan fingerprint density at radius 1 is 1.04 bits per heavy atom. The van der Waals surface area contributed by atoms with E-state index >= 15 is 0 Å². The van der Waals surface area contributed by atoms with Gasteiger partial charge in [-0.15, -0.1) is 0 Å². The number of hydrogen-bond donors (Lipinski definition) is 1. The maximum Gasteiger partial charge on any atom is 0.326 e. The molecule has 2 aromatic carbocycles. The van der Waals surface area contributed by atoms with E-state index in [2.05, 4.69) is 5.32 Å². The van der Waals surface area contributed by atoms with E-state index in [1.165, 1.54) is 18.1 Å². The number of amides is 1. The molecule has 1 atom stereocenters. The van der Waals surface area contributed by atoms with E-state index in [1.54, 1.807) is 30.3 Å². The Bertz CT molecular complexity index is 876. The minimum Gasteiger partial charge on any atom is -0.453 e. The van der Waals surface area contributed by atoms with Gasteiger partial charge < -0.3 is 10.1 Å². The number of Topliss-reactive ketones (excluding diaryl/α,β-unsaturated/α-hetero) is 1. The number of ether oxygens (including phenoxy) is 1. The standard InChI is InChI=1S/C21H20ClNO4/c1-13(20(25)17-6-5-14-3-2-4-16(14)11-17)27-19(24)12-23-21(26)15-7-9-18(22)10-8-15/h5-11,13H,2-4,12H2,1H3,(H,23,26)/t13-/m0/s1. The number of ketones is 1. The number of fused-ring (bicyclic) bond motifs is 1. The van der Waals surface area contributed by atoms with Gasteiger partial charge in [0, 0.05) is 16.1 Å². The summed E-state index contributed by atoms with van der Waals surface area (Å²) in [6, 6.07) is 11.9. The van der Waals surface area contributed by atoms with Crippen LogP contribution in [0.5, 0.6) is 0 Å². The summed E-state index contributed by atoms with van der Waals surface area (Å²) < 4.78 is 5.17. The van der Waals surface area contributed by atoms with Crippen molar-refractivity contribution < 1.29 is 19.1 Å². The van der Waals surface area contributed by atoms with Gasteiger partial charge in [0.15, 0.2) is 6.10 Å². The highest BCUT2D eigenvalue weighted by Gasteiger charge is 2.21. The van der Waals surface area contributed by atoms with E-state index in [9.17, 15) is 14.4 Å². The molecule has 5 nitrogen and oxygen atoms in total. The summed E-state index contributed by atoms with van der Waals surface area (Å²) >= 11 is 5.77. The van der Waals surface area contributed by atoms with Crippen molar-refractivity contribution >= 4 is 29.3 Å². The Kier molecular flexibility index (Phi) is 5.91. The normalized spacial score (nSPS) is 13.6. The molecule has 1 aliphatic carbocycles. The first-order valence-electron chi connectivity index (χ1n) is 8.83. The molecule has 0 radical (unpaired) electrons. The van der Waals surface area contributed by atoms with Gasteiger partial charge in [-0.1, -0.05) is 23.7 Å². The van der Waals surface area contributed by atoms with Gasteiger partial charge in [0.05, 0.1) is 0 Å². The summed E-state index contributed by atoms with van der Waals surface area (Å²) in [5.74, 6) is -1.33. The first kappa shape index (κ1) is 19.1. The Labute approximate surface area is 162 Å². The van der Waals surface area contributed by atoms with Crippen LogP contribution in [0.2, 0.25) is 5.02 Å². The van der Waals surface area contributed by atoms with E-state index in [0.29, 0.717) is 16.1 Å². The predicted molar refractivity (Wildman–Crippen MR) is 102 cm³/mol. The minimum atomic E-state index is -0.913. The lowest BCUT2D eigenvalue weighted by molar-refractivity contribution is -0.145. The summed E-state index contributed by atoms with van der Waals surface area (Å²) in [6.07, 6.45) is 2.21. The molecule has 0 aliphatic heterocycles. The highest BCUT2D eigenvalue weighted by molar-refractivity contribution is 6.30. The van der Waals surface area contributed by atoms with Crippen LogP contribution in [0.15, 0.2) is 42.5 Å². The number of carbonyl (C=O) groups is 3. The average molecular weight is 386 g/mol. The number of rotatable bonds is 6. The van der Waals surface area contributed by atoms with Crippen molar-refractivity contribution in [1.82, 2.24) is 5.32 Å². The molecule has 2 aromatic rings. The van der Waals surface area contributed by atoms with Crippen molar-refractivity contribution in [3.05, 3.63) is 69.7 Å². The van der Waals surface area contributed by atoms with Crippen LogP contribution in [0, 0.1) is 0 Å². The molecule has 3 rings (SSSR count). The largest absolute Gasteiger partial charge is 0.453 e. The fourth-order valence-electron chi connectivity index (χ4n) is 3.11. The smallest absolute Gasteiger partial charge is 0.326 e. The molecule has 0 aromatic heterocycles. The zero-order valence-electron chi connectivity index (χ0n) is 15.0. The second-order valence-electron chi connectivity index (χ2n) is 6.52. The van der Waals surface area contributed by atoms with Crippen molar-refractivity contribution in [2.75, 3.05) is 6.54 Å². The van der Waals surface area contributed by atoms with Crippen LogP contribution in [0.3, 0.4) is 0 Å². The van der Waals surface area contributed by atoms with Crippen LogP contribution in [0.25, 0.3) is 0 Å². The number of hydrogen-bond acceptors (Lipinski definition) is 4. The van der Waals surface area contributed by atoms with Gasteiger partial charge in [-0.25, -0.2) is 0 Å². The molecule has 140 valence electrons. The lowest BCUT2D eigenvalue weighted by Gasteiger charge is -2.13. The molecule has 6 heteroatoms. The zero-order chi connectivity index (χ0) is 19.4. The Morgan fingerprint density at radius 2 is 1.70 bits per heavy atom. The monoisotopic (exact) mass is 385 g/mol. The summed E-state index contributed by atoms with van der Waals surface area (Å²) in [5, 5.41) is 2.99. The third kappa shape index (κ3) is 4.74. The third-order valence-corrected chi connectivity index (χ3v) is 4.81. The second kappa shape index (κ2) is 8.35. The van der Waals surface area contributed by atoms with Gasteiger partial charge in [-0.05, 0) is 67.6 Å². The van der Waals surface area contributed by atoms with Crippen molar-refractivity contribution in [3.8, 4) is 0 Å². The number of benzene rings is 2.